The molecule has 0 atom stereocenters. The number of imide groups is 2. The van der Waals surface area contributed by atoms with Crippen LogP contribution < -0.4 is 5.32 Å². The quantitative estimate of drug-likeness (QED) is 0.641. The highest BCUT2D eigenvalue weighted by molar-refractivity contribution is 7.90. The Kier molecular flexibility index (Phi) is 6.49. The molecular weight excluding hydrogens is 420 g/mol. The second-order valence-electron chi connectivity index (χ2n) is 8.63. The number of benzene rings is 1. The molecule has 2 heterocycles. The second kappa shape index (κ2) is 8.78. The number of carbonyl (C=O) groups excluding carboxylic acids is 3. The minimum absolute atomic E-state index is 0.0288. The summed E-state index contributed by atoms with van der Waals surface area (Å²) < 4.78 is 29.0. The van der Waals surface area contributed by atoms with Crippen molar-refractivity contribution < 1.29 is 22.8 Å². The highest BCUT2D eigenvalue weighted by atomic mass is 32.2. The third kappa shape index (κ3) is 4.63. The number of para-hydroxylation sites is 1. The number of urea groups is 1. The first-order valence-corrected chi connectivity index (χ1v) is 11.8. The Morgan fingerprint density at radius 3 is 1.97 bits per heavy atom. The Morgan fingerprint density at radius 2 is 1.45 bits per heavy atom. The number of carbonyl (C=O) groups is 3. The minimum atomic E-state index is -4.09. The molecule has 9 nitrogen and oxygen atoms in total. The molecule has 0 spiro atoms. The maximum absolute atomic E-state index is 13.2. The molecule has 0 unspecified atom stereocenters. The number of nitrogens with one attached hydrogen (secondary N) is 1. The van der Waals surface area contributed by atoms with Crippen molar-refractivity contribution in [3.63, 3.8) is 0 Å². The van der Waals surface area contributed by atoms with Crippen LogP contribution in [0, 0.1) is 17.8 Å². The number of hydrogen-bond donors (Lipinski definition) is 1. The molecule has 1 aromatic carbocycles. The van der Waals surface area contributed by atoms with Crippen LogP contribution >= 0.6 is 0 Å². The molecule has 1 saturated heterocycles. The molecule has 0 radical (unpaired) electrons. The lowest BCUT2D eigenvalue weighted by molar-refractivity contribution is -0.146. The molecule has 3 rings (SSSR count). The van der Waals surface area contributed by atoms with E-state index in [9.17, 15) is 22.8 Å². The summed E-state index contributed by atoms with van der Waals surface area (Å²) in [5, 5.41) is 2.83. The fraction of sp³-hybridized carbons (Fsp3) is 0.524. The number of amides is 4. The van der Waals surface area contributed by atoms with E-state index in [-0.39, 0.29) is 41.3 Å². The third-order valence-electron chi connectivity index (χ3n) is 5.27. The van der Waals surface area contributed by atoms with Gasteiger partial charge in [0.25, 0.3) is 21.8 Å². The Hall–Kier alpha value is -2.75. The smallest absolute Gasteiger partial charge is 0.333 e. The lowest BCUT2D eigenvalue weighted by Gasteiger charge is -2.38. The zero-order valence-corrected chi connectivity index (χ0v) is 19.0. The van der Waals surface area contributed by atoms with Crippen LogP contribution in [-0.4, -0.2) is 55.0 Å². The normalized spacial score (nSPS) is 19.0. The third-order valence-corrected chi connectivity index (χ3v) is 6.62. The van der Waals surface area contributed by atoms with E-state index in [0.717, 1.165) is 9.80 Å². The van der Waals surface area contributed by atoms with E-state index >= 15 is 0 Å². The number of amidine groups is 1. The monoisotopic (exact) mass is 448 g/mol. The van der Waals surface area contributed by atoms with Gasteiger partial charge in [0.1, 0.15) is 10.7 Å². The van der Waals surface area contributed by atoms with E-state index in [4.69, 9.17) is 0 Å². The van der Waals surface area contributed by atoms with Gasteiger partial charge in [0, 0.05) is 13.1 Å². The number of anilines is 1. The SMILES string of the molecule is CC(C)CCN1C(=O)C(C2=NS(=O)(=O)c3ccccc3N2)C(=O)N(CCC(C)C)C1=O. The molecule has 1 aromatic rings. The molecular formula is C21H28N4O5S. The Balaban J connectivity index is 2.01. The summed E-state index contributed by atoms with van der Waals surface area (Å²) in [5.74, 6) is -2.82. The summed E-state index contributed by atoms with van der Waals surface area (Å²) in [6.07, 6.45) is 1.13. The molecule has 168 valence electrons. The van der Waals surface area contributed by atoms with Gasteiger partial charge in [0.15, 0.2) is 5.92 Å². The topological polar surface area (TPSA) is 116 Å². The van der Waals surface area contributed by atoms with Crippen molar-refractivity contribution in [1.29, 1.82) is 0 Å². The largest absolute Gasteiger partial charge is 0.341 e. The van der Waals surface area contributed by atoms with Gasteiger partial charge in [-0.3, -0.25) is 19.4 Å². The van der Waals surface area contributed by atoms with Crippen LogP contribution in [0.2, 0.25) is 0 Å². The average molecular weight is 449 g/mol. The van der Waals surface area contributed by atoms with Crippen LogP contribution in [0.5, 0.6) is 0 Å². The molecule has 0 aliphatic carbocycles. The standard InChI is InChI=1S/C21H28N4O5S/c1-13(2)9-11-24-19(26)17(20(27)25(21(24)28)12-10-14(3)4)18-22-15-7-5-6-8-16(15)31(29,30)23-18/h5-8,13-14,17H,9-12H2,1-4H3,(H,22,23). The first-order valence-electron chi connectivity index (χ1n) is 10.4. The Bertz CT molecular complexity index is 998. The molecule has 0 aromatic heterocycles. The maximum Gasteiger partial charge on any atom is 0.333 e. The number of fused-ring (bicyclic) bond motifs is 1. The molecule has 2 aliphatic heterocycles. The van der Waals surface area contributed by atoms with Gasteiger partial charge in [-0.2, -0.15) is 8.42 Å². The van der Waals surface area contributed by atoms with Crippen molar-refractivity contribution >= 4 is 39.4 Å². The summed E-state index contributed by atoms with van der Waals surface area (Å²) in [5.41, 5.74) is 0.243. The number of rotatable bonds is 7. The van der Waals surface area contributed by atoms with Crippen LogP contribution in [0.3, 0.4) is 0 Å². The van der Waals surface area contributed by atoms with Crippen LogP contribution in [0.1, 0.15) is 40.5 Å². The van der Waals surface area contributed by atoms with Crippen LogP contribution in [-0.2, 0) is 19.6 Å². The first kappa shape index (κ1) is 22.9. The lowest BCUT2D eigenvalue weighted by atomic mass is 9.99. The van der Waals surface area contributed by atoms with Crippen LogP contribution in [0.4, 0.5) is 10.5 Å². The number of nitrogens with zero attached hydrogens (tertiary/aromatic N) is 3. The lowest BCUT2D eigenvalue weighted by Crippen LogP contribution is -2.62. The van der Waals surface area contributed by atoms with Crippen LogP contribution in [0.25, 0.3) is 0 Å². The van der Waals surface area contributed by atoms with E-state index in [2.05, 4.69) is 9.71 Å². The molecule has 31 heavy (non-hydrogen) atoms. The number of hydrogen-bond acceptors (Lipinski definition) is 6. The maximum atomic E-state index is 13.2. The minimum Gasteiger partial charge on any atom is -0.341 e. The fourth-order valence-electron chi connectivity index (χ4n) is 3.43. The molecule has 1 N–H and O–H groups in total. The van der Waals surface area contributed by atoms with E-state index in [0.29, 0.717) is 12.8 Å². The summed E-state index contributed by atoms with van der Waals surface area (Å²) >= 11 is 0. The molecule has 0 bridgehead atoms. The summed E-state index contributed by atoms with van der Waals surface area (Å²) in [7, 11) is -4.09. The molecule has 1 fully saturated rings. The summed E-state index contributed by atoms with van der Waals surface area (Å²) in [6.45, 7) is 8.16. The van der Waals surface area contributed by atoms with Crippen molar-refractivity contribution in [3.8, 4) is 0 Å². The van der Waals surface area contributed by atoms with Crippen LogP contribution in [0.15, 0.2) is 33.6 Å². The van der Waals surface area contributed by atoms with Gasteiger partial charge in [-0.15, -0.1) is 4.40 Å². The van der Waals surface area contributed by atoms with E-state index in [1.165, 1.54) is 12.1 Å². The molecule has 10 heteroatoms. The highest BCUT2D eigenvalue weighted by Gasteiger charge is 2.49. The Morgan fingerprint density at radius 1 is 0.935 bits per heavy atom. The first-order chi connectivity index (χ1) is 14.5. The van der Waals surface area contributed by atoms with Crippen molar-refractivity contribution in [2.24, 2.45) is 22.2 Å². The molecule has 2 aliphatic rings. The van der Waals surface area contributed by atoms with Gasteiger partial charge in [-0.1, -0.05) is 39.8 Å². The van der Waals surface area contributed by atoms with Gasteiger partial charge in [0.2, 0.25) is 0 Å². The van der Waals surface area contributed by atoms with Gasteiger partial charge in [-0.25, -0.2) is 4.79 Å². The average Bonchev–Trinajstić information content (AvgIpc) is 2.67. The fourth-order valence-corrected chi connectivity index (χ4v) is 4.59. The zero-order chi connectivity index (χ0) is 22.9. The van der Waals surface area contributed by atoms with E-state index in [1.807, 2.05) is 27.7 Å². The van der Waals surface area contributed by atoms with Crippen molar-refractivity contribution in [3.05, 3.63) is 24.3 Å². The predicted octanol–water partition coefficient (Wildman–Crippen LogP) is 2.70. The number of barbiturate groups is 1. The second-order valence-corrected chi connectivity index (χ2v) is 10.2. The van der Waals surface area contributed by atoms with Crippen molar-refractivity contribution in [1.82, 2.24) is 9.80 Å². The van der Waals surface area contributed by atoms with Gasteiger partial charge >= 0.3 is 6.03 Å². The van der Waals surface area contributed by atoms with E-state index < -0.39 is 33.8 Å². The van der Waals surface area contributed by atoms with Crippen molar-refractivity contribution in [2.45, 2.75) is 45.4 Å². The van der Waals surface area contributed by atoms with Gasteiger partial charge < -0.3 is 5.32 Å². The van der Waals surface area contributed by atoms with Gasteiger partial charge in [0.05, 0.1) is 5.69 Å². The van der Waals surface area contributed by atoms with E-state index in [1.54, 1.807) is 12.1 Å². The molecule has 4 amide bonds. The Labute approximate surface area is 182 Å². The molecule has 0 saturated carbocycles. The summed E-state index contributed by atoms with van der Waals surface area (Å²) in [6, 6.07) is 5.48. The van der Waals surface area contributed by atoms with Gasteiger partial charge in [-0.05, 0) is 36.8 Å². The zero-order valence-electron chi connectivity index (χ0n) is 18.2. The summed E-state index contributed by atoms with van der Waals surface area (Å²) in [4.78, 5) is 41.4. The number of sulfonamides is 1. The van der Waals surface area contributed by atoms with Crippen molar-refractivity contribution in [2.75, 3.05) is 18.4 Å². The predicted molar refractivity (Wildman–Crippen MR) is 116 cm³/mol. The highest BCUT2D eigenvalue weighted by Crippen LogP contribution is 2.30.